The van der Waals surface area contributed by atoms with E-state index in [4.69, 9.17) is 4.74 Å². The molecule has 26 heavy (non-hydrogen) atoms. The van der Waals surface area contributed by atoms with Crippen molar-refractivity contribution in [2.24, 2.45) is 0 Å². The summed E-state index contributed by atoms with van der Waals surface area (Å²) < 4.78 is 5.46. The van der Waals surface area contributed by atoms with E-state index in [2.05, 4.69) is 28.4 Å². The second-order valence-corrected chi connectivity index (χ2v) is 6.67. The summed E-state index contributed by atoms with van der Waals surface area (Å²) in [5.74, 6) is 1.05. The molecule has 0 atom stereocenters. The molecule has 0 radical (unpaired) electrons. The van der Waals surface area contributed by atoms with Gasteiger partial charge < -0.3 is 19.9 Å². The molecule has 138 valence electrons. The number of carbonyl (C=O) groups excluding carboxylic acids is 1. The van der Waals surface area contributed by atoms with E-state index in [0.29, 0.717) is 13.1 Å². The molecule has 3 rings (SSSR count). The van der Waals surface area contributed by atoms with Crippen LogP contribution in [0.1, 0.15) is 5.56 Å². The minimum atomic E-state index is 0.140. The standard InChI is InChI=1S/C21H27N3O2/c1-26-20-10-6-5-9-19(20)24-15-13-23(14-16-24)17-21(25)22-12-11-18-7-3-2-4-8-18/h2-10H,11-17H2,1H3,(H,22,25)/p+1. The molecule has 0 unspecified atom stereocenters. The lowest BCUT2D eigenvalue weighted by molar-refractivity contribution is -0.892. The average Bonchev–Trinajstić information content (AvgIpc) is 2.69. The Morgan fingerprint density at radius 1 is 1.08 bits per heavy atom. The Morgan fingerprint density at radius 2 is 1.77 bits per heavy atom. The van der Waals surface area contributed by atoms with Crippen molar-refractivity contribution >= 4 is 11.6 Å². The first kappa shape index (κ1) is 18.3. The van der Waals surface area contributed by atoms with Gasteiger partial charge in [0.25, 0.3) is 5.91 Å². The molecule has 0 saturated carbocycles. The Bertz CT molecular complexity index is 697. The van der Waals surface area contributed by atoms with Gasteiger partial charge in [-0.1, -0.05) is 42.5 Å². The van der Waals surface area contributed by atoms with E-state index < -0.39 is 0 Å². The van der Waals surface area contributed by atoms with E-state index in [1.165, 1.54) is 10.5 Å². The predicted octanol–water partition coefficient (Wildman–Crippen LogP) is 0.759. The topological polar surface area (TPSA) is 46.0 Å². The van der Waals surface area contributed by atoms with Crippen molar-refractivity contribution in [3.8, 4) is 5.75 Å². The number of nitrogens with one attached hydrogen (secondary N) is 2. The van der Waals surface area contributed by atoms with Crippen LogP contribution >= 0.6 is 0 Å². The van der Waals surface area contributed by atoms with Gasteiger partial charge in [-0.3, -0.25) is 4.79 Å². The number of hydrogen-bond donors (Lipinski definition) is 2. The fourth-order valence-electron chi connectivity index (χ4n) is 3.41. The summed E-state index contributed by atoms with van der Waals surface area (Å²) in [6.07, 6.45) is 0.878. The maximum absolute atomic E-state index is 12.2. The largest absolute Gasteiger partial charge is 0.495 e. The second kappa shape index (κ2) is 9.25. The van der Waals surface area contributed by atoms with Crippen LogP contribution in [0.3, 0.4) is 0 Å². The van der Waals surface area contributed by atoms with Crippen molar-refractivity contribution in [2.45, 2.75) is 6.42 Å². The van der Waals surface area contributed by atoms with E-state index in [1.54, 1.807) is 7.11 Å². The third kappa shape index (κ3) is 4.99. The molecule has 1 fully saturated rings. The van der Waals surface area contributed by atoms with E-state index >= 15 is 0 Å². The van der Waals surface area contributed by atoms with Crippen molar-refractivity contribution in [3.63, 3.8) is 0 Å². The number of amides is 1. The zero-order valence-electron chi connectivity index (χ0n) is 15.4. The minimum Gasteiger partial charge on any atom is -0.495 e. The molecule has 0 aromatic heterocycles. The summed E-state index contributed by atoms with van der Waals surface area (Å²) in [5.41, 5.74) is 2.40. The summed E-state index contributed by atoms with van der Waals surface area (Å²) in [7, 11) is 1.71. The molecule has 5 heteroatoms. The first-order valence-corrected chi connectivity index (χ1v) is 9.28. The molecule has 1 aliphatic heterocycles. The average molecular weight is 354 g/mol. The Hall–Kier alpha value is -2.53. The van der Waals surface area contributed by atoms with Crippen LogP contribution in [0.15, 0.2) is 54.6 Å². The smallest absolute Gasteiger partial charge is 0.275 e. The highest BCUT2D eigenvalue weighted by molar-refractivity contribution is 5.76. The van der Waals surface area contributed by atoms with E-state index in [9.17, 15) is 4.79 Å². The number of rotatable bonds is 7. The molecule has 1 amide bonds. The summed E-state index contributed by atoms with van der Waals surface area (Å²) in [5, 5.41) is 3.05. The van der Waals surface area contributed by atoms with Gasteiger partial charge in [-0.2, -0.15) is 0 Å². The molecule has 0 bridgehead atoms. The lowest BCUT2D eigenvalue weighted by Gasteiger charge is -2.34. The fourth-order valence-corrected chi connectivity index (χ4v) is 3.41. The Kier molecular flexibility index (Phi) is 6.50. The Morgan fingerprint density at radius 3 is 2.50 bits per heavy atom. The van der Waals surface area contributed by atoms with Crippen molar-refractivity contribution in [1.82, 2.24) is 5.32 Å². The van der Waals surface area contributed by atoms with Gasteiger partial charge in [0.05, 0.1) is 39.0 Å². The number of piperazine rings is 1. The number of para-hydroxylation sites is 2. The maximum Gasteiger partial charge on any atom is 0.275 e. The van der Waals surface area contributed by atoms with Crippen LogP contribution in [0.5, 0.6) is 5.75 Å². The molecule has 1 saturated heterocycles. The normalized spacial score (nSPS) is 14.9. The number of benzene rings is 2. The van der Waals surface area contributed by atoms with E-state index in [1.807, 2.05) is 36.4 Å². The Balaban J connectivity index is 1.40. The zero-order valence-corrected chi connectivity index (χ0v) is 15.4. The predicted molar refractivity (Wildman–Crippen MR) is 104 cm³/mol. The van der Waals surface area contributed by atoms with E-state index in [-0.39, 0.29) is 5.91 Å². The molecule has 2 N–H and O–H groups in total. The number of carbonyl (C=O) groups is 1. The summed E-state index contributed by atoms with van der Waals surface area (Å²) in [6.45, 7) is 5.05. The number of hydrogen-bond acceptors (Lipinski definition) is 3. The van der Waals surface area contributed by atoms with Crippen LogP contribution in [0.2, 0.25) is 0 Å². The zero-order chi connectivity index (χ0) is 18.2. The van der Waals surface area contributed by atoms with E-state index in [0.717, 1.165) is 44.0 Å². The quantitative estimate of drug-likeness (QED) is 0.772. The molecule has 0 spiro atoms. The van der Waals surface area contributed by atoms with Crippen LogP contribution in [0.25, 0.3) is 0 Å². The van der Waals surface area contributed by atoms with Crippen LogP contribution in [0, 0.1) is 0 Å². The first-order chi connectivity index (χ1) is 12.8. The molecule has 0 aliphatic carbocycles. The number of quaternary nitrogens is 1. The number of anilines is 1. The SMILES string of the molecule is COc1ccccc1N1CC[NH+](CC(=O)NCCc2ccccc2)CC1. The molecule has 5 nitrogen and oxygen atoms in total. The highest BCUT2D eigenvalue weighted by Gasteiger charge is 2.23. The number of ether oxygens (including phenoxy) is 1. The van der Waals surface area contributed by atoms with Gasteiger partial charge in [-0.15, -0.1) is 0 Å². The number of methoxy groups -OCH3 is 1. The van der Waals surface area contributed by atoms with Crippen molar-refractivity contribution in [2.75, 3.05) is 51.3 Å². The maximum atomic E-state index is 12.2. The van der Waals surface area contributed by atoms with Gasteiger partial charge in [0, 0.05) is 6.54 Å². The third-order valence-corrected chi connectivity index (χ3v) is 4.89. The molecule has 1 aliphatic rings. The van der Waals surface area contributed by atoms with Gasteiger partial charge in [0.1, 0.15) is 5.75 Å². The van der Waals surface area contributed by atoms with Crippen molar-refractivity contribution < 1.29 is 14.4 Å². The molecule has 1 heterocycles. The molecule has 2 aromatic carbocycles. The number of nitrogens with zero attached hydrogens (tertiary/aromatic N) is 1. The monoisotopic (exact) mass is 354 g/mol. The second-order valence-electron chi connectivity index (χ2n) is 6.67. The Labute approximate surface area is 155 Å². The van der Waals surface area contributed by atoms with Gasteiger partial charge >= 0.3 is 0 Å². The minimum absolute atomic E-state index is 0.140. The van der Waals surface area contributed by atoms with Gasteiger partial charge in [-0.25, -0.2) is 0 Å². The lowest BCUT2D eigenvalue weighted by Crippen LogP contribution is -3.16. The van der Waals surface area contributed by atoms with Gasteiger partial charge in [-0.05, 0) is 24.1 Å². The molecular weight excluding hydrogens is 326 g/mol. The fraction of sp³-hybridized carbons (Fsp3) is 0.381. The van der Waals surface area contributed by atoms with Crippen molar-refractivity contribution in [1.29, 1.82) is 0 Å². The molecule has 2 aromatic rings. The lowest BCUT2D eigenvalue weighted by atomic mass is 10.1. The summed E-state index contributed by atoms with van der Waals surface area (Å²) in [4.78, 5) is 15.9. The van der Waals surface area contributed by atoms with Crippen LogP contribution in [-0.2, 0) is 11.2 Å². The third-order valence-electron chi connectivity index (χ3n) is 4.89. The van der Waals surface area contributed by atoms with Gasteiger partial charge in [0.2, 0.25) is 0 Å². The first-order valence-electron chi connectivity index (χ1n) is 9.28. The van der Waals surface area contributed by atoms with Crippen LogP contribution in [-0.4, -0.2) is 52.3 Å². The highest BCUT2D eigenvalue weighted by atomic mass is 16.5. The molecular formula is C21H28N3O2+. The van der Waals surface area contributed by atoms with Crippen LogP contribution in [0.4, 0.5) is 5.69 Å². The van der Waals surface area contributed by atoms with Crippen molar-refractivity contribution in [3.05, 3.63) is 60.2 Å². The van der Waals surface area contributed by atoms with Crippen LogP contribution < -0.4 is 19.9 Å². The van der Waals surface area contributed by atoms with Gasteiger partial charge in [0.15, 0.2) is 6.54 Å². The summed E-state index contributed by atoms with van der Waals surface area (Å²) in [6, 6.07) is 18.4. The highest BCUT2D eigenvalue weighted by Crippen LogP contribution is 2.27. The summed E-state index contributed by atoms with van der Waals surface area (Å²) >= 11 is 0.